The van der Waals surface area contributed by atoms with Gasteiger partial charge in [0.25, 0.3) is 0 Å². The van der Waals surface area contributed by atoms with Gasteiger partial charge in [0.2, 0.25) is 0 Å². The van der Waals surface area contributed by atoms with Gasteiger partial charge in [-0.2, -0.15) is 0 Å². The van der Waals surface area contributed by atoms with Crippen molar-refractivity contribution in [1.82, 2.24) is 0 Å². The first kappa shape index (κ1) is 13.7. The number of rotatable bonds is 2. The standard InChI is InChI=1S/C13H16.C2H6/c1-11(2)9-10-12(3)13-7-5-4-6-8-13;1-2/h4-10H,1-3H3;1-2H3/b12-10+;. The zero-order chi connectivity index (χ0) is 11.7. The Morgan fingerprint density at radius 3 is 1.87 bits per heavy atom. The van der Waals surface area contributed by atoms with Gasteiger partial charge in [0.1, 0.15) is 0 Å². The van der Waals surface area contributed by atoms with Crippen molar-refractivity contribution in [3.63, 3.8) is 0 Å². The molecule has 0 nitrogen and oxygen atoms in total. The van der Waals surface area contributed by atoms with Gasteiger partial charge in [-0.15, -0.1) is 0 Å². The van der Waals surface area contributed by atoms with E-state index >= 15 is 0 Å². The minimum absolute atomic E-state index is 1.29. The second-order valence-electron chi connectivity index (χ2n) is 3.46. The van der Waals surface area contributed by atoms with Crippen LogP contribution in [-0.2, 0) is 0 Å². The first-order valence-corrected chi connectivity index (χ1v) is 5.57. The monoisotopic (exact) mass is 202 g/mol. The largest absolute Gasteiger partial charge is 0.0764 e. The van der Waals surface area contributed by atoms with E-state index in [1.807, 2.05) is 19.9 Å². The van der Waals surface area contributed by atoms with E-state index < -0.39 is 0 Å². The van der Waals surface area contributed by atoms with Crippen LogP contribution in [0, 0.1) is 0 Å². The third-order valence-corrected chi connectivity index (χ3v) is 1.90. The second kappa shape index (κ2) is 8.05. The maximum Gasteiger partial charge on any atom is -0.0227 e. The zero-order valence-corrected chi connectivity index (χ0v) is 10.5. The molecule has 0 aliphatic heterocycles. The van der Waals surface area contributed by atoms with Crippen LogP contribution in [0.3, 0.4) is 0 Å². The molecule has 0 radical (unpaired) electrons. The number of hydrogen-bond donors (Lipinski definition) is 0. The molecule has 0 heteroatoms. The van der Waals surface area contributed by atoms with Gasteiger partial charge in [0.15, 0.2) is 0 Å². The fraction of sp³-hybridized carbons (Fsp3) is 0.333. The van der Waals surface area contributed by atoms with Crippen molar-refractivity contribution >= 4 is 5.57 Å². The maximum absolute atomic E-state index is 2.16. The predicted molar refractivity (Wildman–Crippen MR) is 70.9 cm³/mol. The van der Waals surface area contributed by atoms with E-state index in [-0.39, 0.29) is 0 Å². The highest BCUT2D eigenvalue weighted by Gasteiger charge is 1.90. The predicted octanol–water partition coefficient (Wildman–Crippen LogP) is 5.08. The molecule has 1 aromatic rings. The molecule has 0 heterocycles. The molecule has 1 aromatic carbocycles. The summed E-state index contributed by atoms with van der Waals surface area (Å²) >= 11 is 0. The van der Waals surface area contributed by atoms with Gasteiger partial charge < -0.3 is 0 Å². The molecule has 1 rings (SSSR count). The van der Waals surface area contributed by atoms with Crippen LogP contribution in [0.15, 0.2) is 48.1 Å². The van der Waals surface area contributed by atoms with Gasteiger partial charge in [-0.3, -0.25) is 0 Å². The highest BCUT2D eigenvalue weighted by molar-refractivity contribution is 5.65. The highest BCUT2D eigenvalue weighted by atomic mass is 14.0. The lowest BCUT2D eigenvalue weighted by atomic mass is 10.1. The summed E-state index contributed by atoms with van der Waals surface area (Å²) in [4.78, 5) is 0. The molecular formula is C15H22. The van der Waals surface area contributed by atoms with Crippen LogP contribution in [0.2, 0.25) is 0 Å². The average Bonchev–Trinajstić information content (AvgIpc) is 2.30. The minimum atomic E-state index is 1.29. The van der Waals surface area contributed by atoms with Crippen LogP contribution in [0.1, 0.15) is 40.2 Å². The summed E-state index contributed by atoms with van der Waals surface area (Å²) in [6, 6.07) is 10.4. The van der Waals surface area contributed by atoms with Crippen molar-refractivity contribution in [3.8, 4) is 0 Å². The molecule has 82 valence electrons. The molecule has 0 aliphatic rings. The lowest BCUT2D eigenvalue weighted by Gasteiger charge is -1.98. The van der Waals surface area contributed by atoms with Crippen LogP contribution in [0.25, 0.3) is 5.57 Å². The molecule has 15 heavy (non-hydrogen) atoms. The molecule has 0 N–H and O–H groups in total. The lowest BCUT2D eigenvalue weighted by molar-refractivity contribution is 1.39. The normalized spacial score (nSPS) is 10.1. The molecule has 0 atom stereocenters. The quantitative estimate of drug-likeness (QED) is 0.586. The van der Waals surface area contributed by atoms with E-state index in [0.29, 0.717) is 0 Å². The summed E-state index contributed by atoms with van der Waals surface area (Å²) in [5.74, 6) is 0. The van der Waals surface area contributed by atoms with Gasteiger partial charge in [-0.25, -0.2) is 0 Å². The van der Waals surface area contributed by atoms with Gasteiger partial charge in [-0.05, 0) is 31.9 Å². The van der Waals surface area contributed by atoms with Gasteiger partial charge in [0.05, 0.1) is 0 Å². The van der Waals surface area contributed by atoms with Crippen LogP contribution in [0.4, 0.5) is 0 Å². The van der Waals surface area contributed by atoms with Crippen LogP contribution in [0.5, 0.6) is 0 Å². The number of allylic oxidation sites excluding steroid dienone is 4. The van der Waals surface area contributed by atoms with Gasteiger partial charge >= 0.3 is 0 Å². The lowest BCUT2D eigenvalue weighted by Crippen LogP contribution is -1.76. The van der Waals surface area contributed by atoms with E-state index in [1.165, 1.54) is 16.7 Å². The molecule has 0 saturated heterocycles. The third-order valence-electron chi connectivity index (χ3n) is 1.90. The van der Waals surface area contributed by atoms with E-state index in [1.54, 1.807) is 0 Å². The molecule has 0 fully saturated rings. The van der Waals surface area contributed by atoms with Crippen LogP contribution < -0.4 is 0 Å². The molecule has 0 saturated carbocycles. The molecular weight excluding hydrogens is 180 g/mol. The van der Waals surface area contributed by atoms with Crippen LogP contribution in [-0.4, -0.2) is 0 Å². The second-order valence-corrected chi connectivity index (χ2v) is 3.46. The number of benzene rings is 1. The Hall–Kier alpha value is -1.30. The third kappa shape index (κ3) is 5.90. The summed E-state index contributed by atoms with van der Waals surface area (Å²) in [7, 11) is 0. The Kier molecular flexibility index (Phi) is 7.35. The summed E-state index contributed by atoms with van der Waals surface area (Å²) in [6.07, 6.45) is 4.30. The summed E-state index contributed by atoms with van der Waals surface area (Å²) in [6.45, 7) is 10.3. The smallest absolute Gasteiger partial charge is 0.0227 e. The van der Waals surface area contributed by atoms with E-state index in [9.17, 15) is 0 Å². The minimum Gasteiger partial charge on any atom is -0.0764 e. The van der Waals surface area contributed by atoms with Crippen molar-refractivity contribution < 1.29 is 0 Å². The summed E-state index contributed by atoms with van der Waals surface area (Å²) in [5, 5.41) is 0. The van der Waals surface area contributed by atoms with Gasteiger partial charge in [0, 0.05) is 0 Å². The van der Waals surface area contributed by atoms with E-state index in [4.69, 9.17) is 0 Å². The van der Waals surface area contributed by atoms with Crippen molar-refractivity contribution in [1.29, 1.82) is 0 Å². The average molecular weight is 202 g/mol. The topological polar surface area (TPSA) is 0 Å². The van der Waals surface area contributed by atoms with E-state index in [0.717, 1.165) is 0 Å². The Bertz CT molecular complexity index is 311. The fourth-order valence-electron chi connectivity index (χ4n) is 1.09. The SMILES string of the molecule is CC.CC(C)=C/C=C(\C)c1ccccc1. The first-order chi connectivity index (χ1) is 7.20. The fourth-order valence-corrected chi connectivity index (χ4v) is 1.09. The molecule has 0 spiro atoms. The van der Waals surface area contributed by atoms with Crippen molar-refractivity contribution in [2.45, 2.75) is 34.6 Å². The molecule has 0 aromatic heterocycles. The Labute approximate surface area is 94.3 Å². The summed E-state index contributed by atoms with van der Waals surface area (Å²) in [5.41, 5.74) is 3.93. The summed E-state index contributed by atoms with van der Waals surface area (Å²) < 4.78 is 0. The molecule has 0 unspecified atom stereocenters. The highest BCUT2D eigenvalue weighted by Crippen LogP contribution is 2.12. The Morgan fingerprint density at radius 2 is 1.40 bits per heavy atom. The molecule has 0 aliphatic carbocycles. The maximum atomic E-state index is 2.16. The Morgan fingerprint density at radius 1 is 0.867 bits per heavy atom. The van der Waals surface area contributed by atoms with Crippen LogP contribution >= 0.6 is 0 Å². The zero-order valence-electron chi connectivity index (χ0n) is 10.5. The van der Waals surface area contributed by atoms with Crippen molar-refractivity contribution in [2.24, 2.45) is 0 Å². The molecule has 0 bridgehead atoms. The first-order valence-electron chi connectivity index (χ1n) is 5.57. The van der Waals surface area contributed by atoms with Crippen molar-refractivity contribution in [2.75, 3.05) is 0 Å². The molecule has 0 amide bonds. The van der Waals surface area contributed by atoms with E-state index in [2.05, 4.69) is 57.2 Å². The van der Waals surface area contributed by atoms with Gasteiger partial charge in [-0.1, -0.05) is 61.9 Å². The van der Waals surface area contributed by atoms with Crippen molar-refractivity contribution in [3.05, 3.63) is 53.6 Å². The number of hydrogen-bond acceptors (Lipinski definition) is 0. The Balaban J connectivity index is 0.000000921.